The number of hydrogen-bond acceptors (Lipinski definition) is 2. The Labute approximate surface area is 188 Å². The molecule has 32 heavy (non-hydrogen) atoms. The van der Waals surface area contributed by atoms with E-state index in [9.17, 15) is 0 Å². The molecule has 5 unspecified atom stereocenters. The number of rotatable bonds is 2. The maximum absolute atomic E-state index is 6.43. The van der Waals surface area contributed by atoms with E-state index in [1.54, 1.807) is 0 Å². The fraction of sp³-hybridized carbons (Fsp3) is 0.200. The van der Waals surface area contributed by atoms with Crippen molar-refractivity contribution >= 4 is 5.57 Å². The minimum absolute atomic E-state index is 0.0536. The van der Waals surface area contributed by atoms with Gasteiger partial charge in [0.1, 0.15) is 23.7 Å². The van der Waals surface area contributed by atoms with Gasteiger partial charge in [-0.1, -0.05) is 91.0 Å². The van der Waals surface area contributed by atoms with Crippen molar-refractivity contribution in [3.05, 3.63) is 125 Å². The first-order chi connectivity index (χ1) is 15.9. The fourth-order valence-corrected chi connectivity index (χ4v) is 5.89. The van der Waals surface area contributed by atoms with E-state index in [1.165, 1.54) is 27.8 Å². The second kappa shape index (κ2) is 7.00. The first kappa shape index (κ1) is 18.1. The Bertz CT molecular complexity index is 1280. The van der Waals surface area contributed by atoms with E-state index in [0.29, 0.717) is 17.8 Å². The lowest BCUT2D eigenvalue weighted by molar-refractivity contribution is 0.179. The molecule has 4 aliphatic rings. The van der Waals surface area contributed by atoms with Gasteiger partial charge in [-0.2, -0.15) is 0 Å². The van der Waals surface area contributed by atoms with Crippen LogP contribution in [0.5, 0.6) is 11.5 Å². The molecule has 0 saturated heterocycles. The van der Waals surface area contributed by atoms with E-state index < -0.39 is 0 Å². The summed E-state index contributed by atoms with van der Waals surface area (Å²) in [5.41, 5.74) is 6.44. The smallest absolute Gasteiger partial charge is 0.135 e. The van der Waals surface area contributed by atoms with Gasteiger partial charge in [-0.25, -0.2) is 0 Å². The third-order valence-corrected chi connectivity index (χ3v) is 7.46. The molecule has 2 heterocycles. The van der Waals surface area contributed by atoms with Crippen LogP contribution in [-0.2, 0) is 0 Å². The van der Waals surface area contributed by atoms with Crippen LogP contribution in [-0.4, -0.2) is 12.2 Å². The summed E-state index contributed by atoms with van der Waals surface area (Å²) in [6, 6.07) is 26.0. The zero-order valence-corrected chi connectivity index (χ0v) is 17.7. The molecule has 0 amide bonds. The van der Waals surface area contributed by atoms with Crippen LogP contribution < -0.4 is 9.47 Å². The van der Waals surface area contributed by atoms with Crippen LogP contribution in [0.15, 0.2) is 103 Å². The molecule has 3 aromatic rings. The molecule has 0 aromatic heterocycles. The molecule has 0 N–H and O–H groups in total. The van der Waals surface area contributed by atoms with Crippen LogP contribution in [0.2, 0.25) is 0 Å². The Balaban J connectivity index is 1.17. The monoisotopic (exact) mass is 416 g/mol. The lowest BCUT2D eigenvalue weighted by atomic mass is 9.77. The van der Waals surface area contributed by atoms with Crippen molar-refractivity contribution in [3.63, 3.8) is 0 Å². The fourth-order valence-electron chi connectivity index (χ4n) is 5.89. The molecule has 0 spiro atoms. The van der Waals surface area contributed by atoms with E-state index in [-0.39, 0.29) is 12.2 Å². The Morgan fingerprint density at radius 1 is 0.688 bits per heavy atom. The Hall–Kier alpha value is -3.52. The van der Waals surface area contributed by atoms with Crippen molar-refractivity contribution in [2.45, 2.75) is 36.4 Å². The molecule has 3 aromatic carbocycles. The normalized spacial score (nSPS) is 28.6. The molecule has 2 nitrogen and oxygen atoms in total. The predicted octanol–water partition coefficient (Wildman–Crippen LogP) is 6.77. The molecule has 0 bridgehead atoms. The number of ether oxygens (including phenoxy) is 2. The quantitative estimate of drug-likeness (QED) is 0.429. The van der Waals surface area contributed by atoms with Gasteiger partial charge in [0.05, 0.1) is 0 Å². The van der Waals surface area contributed by atoms with Crippen LogP contribution in [0, 0.1) is 0 Å². The molecule has 2 aliphatic heterocycles. The van der Waals surface area contributed by atoms with Gasteiger partial charge >= 0.3 is 0 Å². The first-order valence-electron chi connectivity index (χ1n) is 11.5. The first-order valence-corrected chi connectivity index (χ1v) is 11.5. The minimum atomic E-state index is 0.0536. The summed E-state index contributed by atoms with van der Waals surface area (Å²) in [5, 5.41) is 0. The summed E-state index contributed by atoms with van der Waals surface area (Å²) in [7, 11) is 0. The Morgan fingerprint density at radius 3 is 2.22 bits per heavy atom. The summed E-state index contributed by atoms with van der Waals surface area (Å²) < 4.78 is 12.8. The van der Waals surface area contributed by atoms with E-state index in [4.69, 9.17) is 9.47 Å². The molecule has 2 heteroatoms. The highest BCUT2D eigenvalue weighted by Gasteiger charge is 2.40. The summed E-state index contributed by atoms with van der Waals surface area (Å²) in [5.74, 6) is 3.06. The zero-order valence-electron chi connectivity index (χ0n) is 17.7. The number of hydrogen-bond donors (Lipinski definition) is 0. The molecule has 2 aliphatic carbocycles. The van der Waals surface area contributed by atoms with Crippen LogP contribution in [0.25, 0.3) is 5.57 Å². The molecular formula is C30H24O2. The Morgan fingerprint density at radius 2 is 1.41 bits per heavy atom. The van der Waals surface area contributed by atoms with Gasteiger partial charge in [0.2, 0.25) is 0 Å². The van der Waals surface area contributed by atoms with E-state index in [0.717, 1.165) is 17.9 Å². The standard InChI is InChI=1S/C30H24O2/c1-3-13-27-23(7-1)25-11-5-9-21(29(25)31-27)19-15-17-20(18-16-19)22-10-6-12-26-24-8-2-4-14-28(24)32-30(22)26/h1-9,11-18,22,25-26,29-30H,10H2. The minimum Gasteiger partial charge on any atom is -0.489 e. The van der Waals surface area contributed by atoms with Crippen LogP contribution in [0.1, 0.15) is 46.4 Å². The number of fused-ring (bicyclic) bond motifs is 6. The molecule has 156 valence electrons. The lowest BCUT2D eigenvalue weighted by Crippen LogP contribution is -2.28. The maximum Gasteiger partial charge on any atom is 0.135 e. The third kappa shape index (κ3) is 2.65. The van der Waals surface area contributed by atoms with Crippen molar-refractivity contribution in [1.82, 2.24) is 0 Å². The van der Waals surface area contributed by atoms with Crippen molar-refractivity contribution in [2.75, 3.05) is 0 Å². The Kier molecular flexibility index (Phi) is 3.96. The second-order valence-corrected chi connectivity index (χ2v) is 9.15. The predicted molar refractivity (Wildman–Crippen MR) is 127 cm³/mol. The average molecular weight is 417 g/mol. The van der Waals surface area contributed by atoms with Gasteiger partial charge in [0.15, 0.2) is 0 Å². The second-order valence-electron chi connectivity index (χ2n) is 9.15. The average Bonchev–Trinajstić information content (AvgIpc) is 3.42. The summed E-state index contributed by atoms with van der Waals surface area (Å²) in [6.45, 7) is 0. The van der Waals surface area contributed by atoms with Crippen LogP contribution >= 0.6 is 0 Å². The largest absolute Gasteiger partial charge is 0.489 e. The molecule has 0 saturated carbocycles. The molecule has 0 radical (unpaired) electrons. The highest BCUT2D eigenvalue weighted by atomic mass is 16.5. The summed E-state index contributed by atoms with van der Waals surface area (Å²) in [4.78, 5) is 0. The third-order valence-electron chi connectivity index (χ3n) is 7.46. The van der Waals surface area contributed by atoms with Crippen LogP contribution in [0.4, 0.5) is 0 Å². The van der Waals surface area contributed by atoms with Crippen molar-refractivity contribution in [2.24, 2.45) is 0 Å². The van der Waals surface area contributed by atoms with Gasteiger partial charge < -0.3 is 9.47 Å². The molecule has 7 rings (SSSR count). The van der Waals surface area contributed by atoms with Crippen molar-refractivity contribution < 1.29 is 9.47 Å². The zero-order chi connectivity index (χ0) is 21.1. The molecular weight excluding hydrogens is 392 g/mol. The van der Waals surface area contributed by atoms with E-state index >= 15 is 0 Å². The highest BCUT2D eigenvalue weighted by Crippen LogP contribution is 2.49. The highest BCUT2D eigenvalue weighted by molar-refractivity contribution is 5.75. The van der Waals surface area contributed by atoms with Crippen molar-refractivity contribution in [3.8, 4) is 11.5 Å². The molecule has 5 atom stereocenters. The van der Waals surface area contributed by atoms with Gasteiger partial charge in [-0.05, 0) is 29.7 Å². The maximum atomic E-state index is 6.43. The van der Waals surface area contributed by atoms with Gasteiger partial charge in [0.25, 0.3) is 0 Å². The number of para-hydroxylation sites is 2. The van der Waals surface area contributed by atoms with E-state index in [2.05, 4.69) is 97.1 Å². The SMILES string of the molecule is C1=CC2c3ccccc3OC2C(c2ccc(C3CC=CC4c5ccccc5OC43)cc2)=C1. The van der Waals surface area contributed by atoms with Crippen molar-refractivity contribution in [1.29, 1.82) is 0 Å². The summed E-state index contributed by atoms with van der Waals surface area (Å²) >= 11 is 0. The number of benzene rings is 3. The molecule has 0 fully saturated rings. The van der Waals surface area contributed by atoms with Gasteiger partial charge in [-0.3, -0.25) is 0 Å². The van der Waals surface area contributed by atoms with Crippen LogP contribution in [0.3, 0.4) is 0 Å². The van der Waals surface area contributed by atoms with E-state index in [1.807, 2.05) is 6.07 Å². The summed E-state index contributed by atoms with van der Waals surface area (Å²) in [6.07, 6.45) is 12.5. The lowest BCUT2D eigenvalue weighted by Gasteiger charge is -2.30. The van der Waals surface area contributed by atoms with Gasteiger partial charge in [-0.15, -0.1) is 0 Å². The number of allylic oxidation sites excluding steroid dienone is 3. The topological polar surface area (TPSA) is 18.5 Å². The van der Waals surface area contributed by atoms with Gasteiger partial charge in [0, 0.05) is 34.5 Å².